The first kappa shape index (κ1) is 18.3. The van der Waals surface area contributed by atoms with E-state index in [2.05, 4.69) is 5.32 Å². The number of anilines is 1. The highest BCUT2D eigenvalue weighted by Crippen LogP contribution is 2.32. The number of carbonyl (C=O) groups excluding carboxylic acids is 1. The van der Waals surface area contributed by atoms with Gasteiger partial charge in [-0.15, -0.1) is 0 Å². The van der Waals surface area contributed by atoms with Crippen LogP contribution in [0.4, 0.5) is 5.69 Å². The number of para-hydroxylation sites is 1. The zero-order valence-corrected chi connectivity index (χ0v) is 15.5. The molecule has 1 N–H and O–H groups in total. The second kappa shape index (κ2) is 7.78. The van der Waals surface area contributed by atoms with Crippen LogP contribution in [0.2, 0.25) is 0 Å². The molecule has 0 aliphatic carbocycles. The number of rotatable bonds is 6. The van der Waals surface area contributed by atoms with Crippen LogP contribution in [0.15, 0.2) is 53.4 Å². The molecule has 0 atom stereocenters. The normalized spacial score (nSPS) is 13.8. The Labute approximate surface area is 153 Å². The highest BCUT2D eigenvalue weighted by atomic mass is 32.2. The Bertz CT molecular complexity index is 879. The second-order valence-electron chi connectivity index (χ2n) is 6.02. The van der Waals surface area contributed by atoms with E-state index in [0.29, 0.717) is 18.8 Å². The maximum atomic E-state index is 13.0. The summed E-state index contributed by atoms with van der Waals surface area (Å²) in [5, 5.41) is 2.64. The number of nitrogens with zero attached hydrogens (tertiary/aromatic N) is 1. The molecule has 0 radical (unpaired) electrons. The van der Waals surface area contributed by atoms with Crippen molar-refractivity contribution in [3.63, 3.8) is 0 Å². The van der Waals surface area contributed by atoms with Crippen LogP contribution in [0, 0.1) is 0 Å². The first-order valence-corrected chi connectivity index (χ1v) is 10.1. The molecule has 1 aliphatic heterocycles. The van der Waals surface area contributed by atoms with Crippen molar-refractivity contribution in [1.82, 2.24) is 5.32 Å². The third-order valence-electron chi connectivity index (χ3n) is 4.22. The van der Waals surface area contributed by atoms with Gasteiger partial charge in [0.05, 0.1) is 10.6 Å². The van der Waals surface area contributed by atoms with Crippen LogP contribution >= 0.6 is 0 Å². The predicted molar refractivity (Wildman–Crippen MR) is 99.9 cm³/mol. The zero-order valence-electron chi connectivity index (χ0n) is 14.6. The molecule has 0 bridgehead atoms. The van der Waals surface area contributed by atoms with Gasteiger partial charge in [0.15, 0.2) is 6.61 Å². The number of hydrogen-bond acceptors (Lipinski definition) is 4. The van der Waals surface area contributed by atoms with Crippen molar-refractivity contribution in [2.24, 2.45) is 0 Å². The predicted octanol–water partition coefficient (Wildman–Crippen LogP) is 2.34. The van der Waals surface area contributed by atoms with Gasteiger partial charge in [-0.05, 0) is 55.7 Å². The molecule has 0 saturated carbocycles. The molecular weight excluding hydrogens is 352 g/mol. The van der Waals surface area contributed by atoms with Crippen molar-refractivity contribution >= 4 is 21.6 Å². The standard InChI is InChI=1S/C19H22N2O4S/c1-2-20-19(22)14-25-16-9-11-17(12-10-16)26(23,24)21-13-5-7-15-6-3-4-8-18(15)21/h3-4,6,8-12H,2,5,7,13-14H2,1H3,(H,20,22). The van der Waals surface area contributed by atoms with Crippen LogP contribution in [0.3, 0.4) is 0 Å². The maximum Gasteiger partial charge on any atom is 0.264 e. The number of ether oxygens (including phenoxy) is 1. The van der Waals surface area contributed by atoms with Gasteiger partial charge >= 0.3 is 0 Å². The number of aryl methyl sites for hydroxylation is 1. The van der Waals surface area contributed by atoms with Crippen molar-refractivity contribution in [3.8, 4) is 5.75 Å². The average Bonchev–Trinajstić information content (AvgIpc) is 2.66. The number of likely N-dealkylation sites (N-methyl/N-ethyl adjacent to an activating group) is 1. The molecule has 0 spiro atoms. The molecular formula is C19H22N2O4S. The van der Waals surface area contributed by atoms with Gasteiger partial charge in [-0.3, -0.25) is 9.10 Å². The molecule has 0 fully saturated rings. The monoisotopic (exact) mass is 374 g/mol. The molecule has 1 amide bonds. The number of nitrogens with one attached hydrogen (secondary N) is 1. The van der Waals surface area contributed by atoms with Crippen molar-refractivity contribution < 1.29 is 17.9 Å². The number of hydrogen-bond donors (Lipinski definition) is 1. The summed E-state index contributed by atoms with van der Waals surface area (Å²) >= 11 is 0. The minimum Gasteiger partial charge on any atom is -0.484 e. The lowest BCUT2D eigenvalue weighted by Gasteiger charge is -2.30. The Balaban J connectivity index is 1.77. The molecule has 3 rings (SSSR count). The summed E-state index contributed by atoms with van der Waals surface area (Å²) in [5.74, 6) is 0.239. The average molecular weight is 374 g/mol. The SMILES string of the molecule is CCNC(=O)COc1ccc(S(=O)(=O)N2CCCc3ccccc32)cc1. The van der Waals surface area contributed by atoms with Gasteiger partial charge in [0.25, 0.3) is 15.9 Å². The zero-order chi connectivity index (χ0) is 18.6. The van der Waals surface area contributed by atoms with E-state index in [0.717, 1.165) is 24.1 Å². The lowest BCUT2D eigenvalue weighted by atomic mass is 10.0. The fraction of sp³-hybridized carbons (Fsp3) is 0.316. The van der Waals surface area contributed by atoms with Crippen LogP contribution in [-0.2, 0) is 21.2 Å². The molecule has 138 valence electrons. The maximum absolute atomic E-state index is 13.0. The lowest BCUT2D eigenvalue weighted by molar-refractivity contribution is -0.122. The van der Waals surface area contributed by atoms with Crippen LogP contribution < -0.4 is 14.4 Å². The lowest BCUT2D eigenvalue weighted by Crippen LogP contribution is -2.35. The summed E-state index contributed by atoms with van der Waals surface area (Å²) in [6, 6.07) is 13.8. The summed E-state index contributed by atoms with van der Waals surface area (Å²) in [6.45, 7) is 2.74. The molecule has 0 saturated heterocycles. The van der Waals surface area contributed by atoms with Crippen molar-refractivity contribution in [2.45, 2.75) is 24.7 Å². The van der Waals surface area contributed by atoms with Gasteiger partial charge < -0.3 is 10.1 Å². The molecule has 26 heavy (non-hydrogen) atoms. The van der Waals surface area contributed by atoms with Gasteiger partial charge in [-0.2, -0.15) is 0 Å². The van der Waals surface area contributed by atoms with Crippen molar-refractivity contribution in [2.75, 3.05) is 24.0 Å². The van der Waals surface area contributed by atoms with E-state index in [-0.39, 0.29) is 17.4 Å². The van der Waals surface area contributed by atoms with Gasteiger partial charge in [-0.25, -0.2) is 8.42 Å². The van der Waals surface area contributed by atoms with Crippen molar-refractivity contribution in [1.29, 1.82) is 0 Å². The minimum atomic E-state index is -3.63. The second-order valence-corrected chi connectivity index (χ2v) is 7.89. The summed E-state index contributed by atoms with van der Waals surface area (Å²) in [5.41, 5.74) is 1.79. The molecule has 2 aromatic carbocycles. The van der Waals surface area contributed by atoms with Crippen LogP contribution in [0.25, 0.3) is 0 Å². The van der Waals surface area contributed by atoms with Gasteiger partial charge in [0.1, 0.15) is 5.75 Å². The first-order valence-electron chi connectivity index (χ1n) is 8.62. The molecule has 7 heteroatoms. The fourth-order valence-electron chi connectivity index (χ4n) is 2.98. The molecule has 6 nitrogen and oxygen atoms in total. The third kappa shape index (κ3) is 3.83. The van der Waals surface area contributed by atoms with E-state index in [4.69, 9.17) is 4.74 Å². The number of amides is 1. The number of benzene rings is 2. The van der Waals surface area contributed by atoms with Gasteiger partial charge in [0.2, 0.25) is 0 Å². The Morgan fingerprint density at radius 1 is 1.15 bits per heavy atom. The Morgan fingerprint density at radius 2 is 1.88 bits per heavy atom. The fourth-order valence-corrected chi connectivity index (χ4v) is 4.52. The molecule has 1 aliphatic rings. The Kier molecular flexibility index (Phi) is 5.46. The molecule has 0 aromatic heterocycles. The van der Waals surface area contributed by atoms with E-state index < -0.39 is 10.0 Å². The number of carbonyl (C=O) groups is 1. The topological polar surface area (TPSA) is 75.7 Å². The number of fused-ring (bicyclic) bond motifs is 1. The van der Waals surface area contributed by atoms with E-state index in [1.165, 1.54) is 16.4 Å². The summed E-state index contributed by atoms with van der Waals surface area (Å²) in [7, 11) is -3.63. The highest BCUT2D eigenvalue weighted by Gasteiger charge is 2.28. The van der Waals surface area contributed by atoms with Crippen LogP contribution in [0.5, 0.6) is 5.75 Å². The number of sulfonamides is 1. The summed E-state index contributed by atoms with van der Waals surface area (Å²) < 4.78 is 32.9. The smallest absolute Gasteiger partial charge is 0.264 e. The van der Waals surface area contributed by atoms with Crippen LogP contribution in [-0.4, -0.2) is 34.0 Å². The molecule has 2 aromatic rings. The summed E-state index contributed by atoms with van der Waals surface area (Å²) in [6.07, 6.45) is 1.68. The van der Waals surface area contributed by atoms with E-state index >= 15 is 0 Å². The molecule has 1 heterocycles. The first-order chi connectivity index (χ1) is 12.5. The largest absolute Gasteiger partial charge is 0.484 e. The quantitative estimate of drug-likeness (QED) is 0.842. The van der Waals surface area contributed by atoms with E-state index in [1.54, 1.807) is 12.1 Å². The van der Waals surface area contributed by atoms with Gasteiger partial charge in [-0.1, -0.05) is 18.2 Å². The highest BCUT2D eigenvalue weighted by molar-refractivity contribution is 7.92. The molecule has 0 unspecified atom stereocenters. The summed E-state index contributed by atoms with van der Waals surface area (Å²) in [4.78, 5) is 11.6. The van der Waals surface area contributed by atoms with E-state index in [1.807, 2.05) is 31.2 Å². The Hall–Kier alpha value is -2.54. The van der Waals surface area contributed by atoms with E-state index in [9.17, 15) is 13.2 Å². The van der Waals surface area contributed by atoms with Crippen molar-refractivity contribution in [3.05, 3.63) is 54.1 Å². The van der Waals surface area contributed by atoms with Crippen LogP contribution in [0.1, 0.15) is 18.9 Å². The third-order valence-corrected chi connectivity index (χ3v) is 6.05. The Morgan fingerprint density at radius 3 is 2.62 bits per heavy atom. The minimum absolute atomic E-state index is 0.0978. The van der Waals surface area contributed by atoms with Gasteiger partial charge in [0, 0.05) is 13.1 Å².